The molecule has 1 rings (SSSR count). The van der Waals surface area contributed by atoms with Crippen molar-refractivity contribution in [3.63, 3.8) is 0 Å². The summed E-state index contributed by atoms with van der Waals surface area (Å²) < 4.78 is 30.1. The van der Waals surface area contributed by atoms with Gasteiger partial charge in [-0.05, 0) is 30.5 Å². The number of carbonyl (C=O) groups excluding carboxylic acids is 1. The maximum atomic E-state index is 12.4. The van der Waals surface area contributed by atoms with Gasteiger partial charge in [0.25, 0.3) is 10.2 Å². The molecule has 1 atom stereocenters. The first kappa shape index (κ1) is 24.4. The zero-order valence-electron chi connectivity index (χ0n) is 17.5. The van der Waals surface area contributed by atoms with Crippen molar-refractivity contribution in [1.29, 1.82) is 0 Å². The first-order valence-corrected chi connectivity index (χ1v) is 11.4. The van der Waals surface area contributed by atoms with E-state index in [-0.39, 0.29) is 6.42 Å². The molecule has 8 heteroatoms. The van der Waals surface area contributed by atoms with Crippen LogP contribution in [-0.4, -0.2) is 52.6 Å². The molecule has 7 nitrogen and oxygen atoms in total. The Bertz CT molecular complexity index is 697. The minimum Gasteiger partial charge on any atom is -0.550 e. The molecule has 0 aliphatic rings. The number of carboxylic acid groups (broad SMARTS) is 1. The number of carbonyl (C=O) groups is 1. The molecule has 0 saturated heterocycles. The van der Waals surface area contributed by atoms with Gasteiger partial charge in [0.2, 0.25) is 0 Å². The summed E-state index contributed by atoms with van der Waals surface area (Å²) in [5, 5.41) is 10.9. The van der Waals surface area contributed by atoms with Crippen LogP contribution in [0.4, 0.5) is 5.69 Å². The predicted octanol–water partition coefficient (Wildman–Crippen LogP) is 1.66. The lowest BCUT2D eigenvalue weighted by atomic mass is 10.1. The van der Waals surface area contributed by atoms with Crippen LogP contribution in [0.5, 0.6) is 0 Å². The Morgan fingerprint density at radius 2 is 1.68 bits per heavy atom. The average Bonchev–Trinajstić information content (AvgIpc) is 2.53. The van der Waals surface area contributed by atoms with Crippen LogP contribution in [0.3, 0.4) is 0 Å². The number of nitrogens with one attached hydrogen (secondary N) is 2. The van der Waals surface area contributed by atoms with Crippen LogP contribution in [0, 0.1) is 0 Å². The number of unbranched alkanes of at least 4 members (excludes halogenated alkanes) is 4. The van der Waals surface area contributed by atoms with E-state index < -0.39 is 22.2 Å². The second-order valence-electron chi connectivity index (χ2n) is 8.33. The molecule has 0 amide bonds. The third kappa shape index (κ3) is 11.3. The van der Waals surface area contributed by atoms with Crippen molar-refractivity contribution in [2.24, 2.45) is 0 Å². The van der Waals surface area contributed by atoms with E-state index in [2.05, 4.69) is 16.4 Å². The largest absolute Gasteiger partial charge is 0.550 e. The summed E-state index contributed by atoms with van der Waals surface area (Å²) in [6.07, 6.45) is 6.67. The van der Waals surface area contributed by atoms with Gasteiger partial charge in [-0.15, -0.1) is 0 Å². The van der Waals surface area contributed by atoms with Gasteiger partial charge in [-0.1, -0.05) is 44.7 Å². The molecule has 0 saturated carbocycles. The molecule has 0 aromatic heterocycles. The summed E-state index contributed by atoms with van der Waals surface area (Å²) in [5.41, 5.74) is 1.62. The highest BCUT2D eigenvalue weighted by Gasteiger charge is 2.23. The van der Waals surface area contributed by atoms with Crippen LogP contribution < -0.4 is 14.6 Å². The van der Waals surface area contributed by atoms with Crippen molar-refractivity contribution in [1.82, 2.24) is 4.72 Å². The van der Waals surface area contributed by atoms with Crippen molar-refractivity contribution >= 4 is 21.9 Å². The fourth-order valence-corrected chi connectivity index (χ4v) is 4.18. The van der Waals surface area contributed by atoms with Crippen molar-refractivity contribution < 1.29 is 22.8 Å². The summed E-state index contributed by atoms with van der Waals surface area (Å²) in [6.45, 7) is 2.52. The molecule has 160 valence electrons. The Balaban J connectivity index is 2.62. The zero-order chi connectivity index (χ0) is 21.2. The Hall–Kier alpha value is -1.64. The maximum absolute atomic E-state index is 12.4. The van der Waals surface area contributed by atoms with Crippen molar-refractivity contribution in [2.75, 3.05) is 32.4 Å². The van der Waals surface area contributed by atoms with E-state index in [1.54, 1.807) is 12.1 Å². The highest BCUT2D eigenvalue weighted by molar-refractivity contribution is 7.90. The second-order valence-corrected chi connectivity index (χ2v) is 9.78. The number of quaternary nitrogens is 1. The lowest BCUT2D eigenvalue weighted by Crippen LogP contribution is -2.51. The topological polar surface area (TPSA) is 98.3 Å². The van der Waals surface area contributed by atoms with E-state index in [0.717, 1.165) is 12.8 Å². The number of hydrogen-bond donors (Lipinski definition) is 2. The first-order chi connectivity index (χ1) is 13.0. The monoisotopic (exact) mass is 413 g/mol. The summed E-state index contributed by atoms with van der Waals surface area (Å²) in [5.74, 6) is -1.29. The van der Waals surface area contributed by atoms with Crippen LogP contribution in [-0.2, 0) is 21.4 Å². The molecule has 0 spiro atoms. The van der Waals surface area contributed by atoms with Crippen molar-refractivity contribution in [2.45, 2.75) is 57.9 Å². The molecule has 0 bridgehead atoms. The molecule has 0 aliphatic carbocycles. The molecular weight excluding hydrogens is 378 g/mol. The van der Waals surface area contributed by atoms with E-state index in [9.17, 15) is 18.3 Å². The number of aryl methyl sites for hydroxylation is 1. The highest BCUT2D eigenvalue weighted by atomic mass is 32.2. The smallest absolute Gasteiger partial charge is 0.299 e. The molecule has 0 radical (unpaired) electrons. The standard InChI is InChI=1S/C20H35N3O4S/c1-5-6-7-8-9-10-17-11-13-18(14-12-17)21-28(26,27)22-19(15-20(24)25)16-23(2,3)4/h11-14,19,21-22H,5-10,15-16H2,1-4H3/t19-/m1/s1. The average molecular weight is 414 g/mol. The van der Waals surface area contributed by atoms with Gasteiger partial charge in [0, 0.05) is 18.1 Å². The number of nitrogens with zero attached hydrogens (tertiary/aromatic N) is 1. The third-order valence-corrected chi connectivity index (χ3v) is 5.43. The molecule has 1 aromatic rings. The molecule has 2 N–H and O–H groups in total. The number of likely N-dealkylation sites (N-methyl/N-ethyl adjacent to an activating group) is 1. The Morgan fingerprint density at radius 3 is 2.21 bits per heavy atom. The van der Waals surface area contributed by atoms with E-state index in [1.165, 1.54) is 31.2 Å². The van der Waals surface area contributed by atoms with Gasteiger partial charge in [0.1, 0.15) is 0 Å². The summed E-state index contributed by atoms with van der Waals surface area (Å²) in [4.78, 5) is 10.9. The van der Waals surface area contributed by atoms with Gasteiger partial charge in [-0.25, -0.2) is 0 Å². The fourth-order valence-electron chi connectivity index (χ4n) is 3.08. The van der Waals surface area contributed by atoms with Gasteiger partial charge in [-0.2, -0.15) is 13.1 Å². The molecular formula is C20H35N3O4S. The quantitative estimate of drug-likeness (QED) is 0.358. The first-order valence-electron chi connectivity index (χ1n) is 9.90. The lowest BCUT2D eigenvalue weighted by Gasteiger charge is -2.29. The van der Waals surface area contributed by atoms with Crippen molar-refractivity contribution in [3.8, 4) is 0 Å². The minimum absolute atomic E-state index is 0.325. The summed E-state index contributed by atoms with van der Waals surface area (Å²) >= 11 is 0. The van der Waals surface area contributed by atoms with Gasteiger partial charge in [0.05, 0.1) is 33.7 Å². The van der Waals surface area contributed by atoms with Gasteiger partial charge >= 0.3 is 0 Å². The van der Waals surface area contributed by atoms with E-state index in [1.807, 2.05) is 33.3 Å². The van der Waals surface area contributed by atoms with Crippen molar-refractivity contribution in [3.05, 3.63) is 29.8 Å². The van der Waals surface area contributed by atoms with Crippen LogP contribution in [0.25, 0.3) is 0 Å². The van der Waals surface area contributed by atoms with Gasteiger partial charge < -0.3 is 14.4 Å². The lowest BCUT2D eigenvalue weighted by molar-refractivity contribution is -0.871. The number of anilines is 1. The number of aliphatic carboxylic acids is 1. The van der Waals surface area contributed by atoms with Crippen LogP contribution in [0.15, 0.2) is 24.3 Å². The Kier molecular flexibility index (Phi) is 9.92. The van der Waals surface area contributed by atoms with Gasteiger partial charge in [0.15, 0.2) is 0 Å². The summed E-state index contributed by atoms with van der Waals surface area (Å²) in [7, 11) is 1.71. The highest BCUT2D eigenvalue weighted by Crippen LogP contribution is 2.14. The van der Waals surface area contributed by atoms with Crippen LogP contribution >= 0.6 is 0 Å². The molecule has 0 aliphatic heterocycles. The molecule has 28 heavy (non-hydrogen) atoms. The minimum atomic E-state index is -3.89. The third-order valence-electron chi connectivity index (χ3n) is 4.28. The van der Waals surface area contributed by atoms with E-state index >= 15 is 0 Å². The molecule has 0 heterocycles. The van der Waals surface area contributed by atoms with Crippen LogP contribution in [0.1, 0.15) is 51.0 Å². The number of rotatable bonds is 14. The van der Waals surface area contributed by atoms with Gasteiger partial charge in [-0.3, -0.25) is 4.72 Å². The number of benzene rings is 1. The molecule has 0 fully saturated rings. The SMILES string of the molecule is CCCCCCCc1ccc(NS(=O)(=O)N[C@H](CC(=O)[O-])C[N+](C)(C)C)cc1. The summed E-state index contributed by atoms with van der Waals surface area (Å²) in [6, 6.07) is 6.54. The van der Waals surface area contributed by atoms with E-state index in [4.69, 9.17) is 0 Å². The molecule has 0 unspecified atom stereocenters. The zero-order valence-corrected chi connectivity index (χ0v) is 18.3. The number of hydrogen-bond acceptors (Lipinski definition) is 4. The molecule has 1 aromatic carbocycles. The predicted molar refractivity (Wildman–Crippen MR) is 111 cm³/mol. The van der Waals surface area contributed by atoms with E-state index in [0.29, 0.717) is 16.7 Å². The van der Waals surface area contributed by atoms with Crippen LogP contribution in [0.2, 0.25) is 0 Å². The fraction of sp³-hybridized carbons (Fsp3) is 0.650. The Labute approximate surface area is 169 Å². The Morgan fingerprint density at radius 1 is 1.07 bits per heavy atom. The normalized spacial score (nSPS) is 13.3. The number of carboxylic acids is 1. The second kappa shape index (κ2) is 11.4. The maximum Gasteiger partial charge on any atom is 0.299 e.